The fraction of sp³-hybridized carbons (Fsp3) is 1.00. The van der Waals surface area contributed by atoms with Crippen LogP contribution in [0.1, 0.15) is 0 Å². The van der Waals surface area contributed by atoms with Crippen LogP contribution in [0, 0.1) is 0 Å². The maximum absolute atomic E-state index is 8.62. The van der Waals surface area contributed by atoms with E-state index in [-0.39, 0.29) is 0 Å². The molecule has 0 saturated heterocycles. The molecule has 0 atom stereocenters. The van der Waals surface area contributed by atoms with E-state index >= 15 is 0 Å². The average Bonchev–Trinajstić information content (AvgIpc) is 1.19. The molecule has 56 valence electrons. The van der Waals surface area contributed by atoms with Crippen molar-refractivity contribution in [1.29, 1.82) is 0 Å². The molecule has 0 aliphatic heterocycles. The molecule has 0 heterocycles. The summed E-state index contributed by atoms with van der Waals surface area (Å²) in [5.41, 5.74) is 0. The second-order valence-corrected chi connectivity index (χ2v) is 4.51. The van der Waals surface area contributed by atoms with E-state index in [1.54, 1.807) is 0 Å². The van der Waals surface area contributed by atoms with Gasteiger partial charge in [0.2, 0.25) is 0 Å². The summed E-state index contributed by atoms with van der Waals surface area (Å²) in [6.45, 7) is 0. The molecule has 4 nitrogen and oxygen atoms in total. The van der Waals surface area contributed by atoms with E-state index < -0.39 is 18.8 Å². The predicted molar refractivity (Wildman–Crippen MR) is 25.3 cm³/mol. The second kappa shape index (κ2) is 5.08. The van der Waals surface area contributed by atoms with Gasteiger partial charge in [0.15, 0.2) is 0 Å². The van der Waals surface area contributed by atoms with Crippen molar-refractivity contribution < 1.29 is 33.4 Å². The molecule has 5 heteroatoms. The average molecular weight is 303 g/mol. The third-order valence-corrected chi connectivity index (χ3v) is 0. The number of hydrogen-bond donors (Lipinski definition) is 0. The van der Waals surface area contributed by atoms with Gasteiger partial charge >= 0.3 is 28.9 Å². The number of quaternary nitrogens is 1. The first-order valence-electron chi connectivity index (χ1n) is 2.34. The van der Waals surface area contributed by atoms with Crippen LogP contribution in [-0.4, -0.2) is 32.7 Å². The second-order valence-electron chi connectivity index (χ2n) is 2.91. The quantitative estimate of drug-likeness (QED) is 0.534. The van der Waals surface area contributed by atoms with Gasteiger partial charge < -0.3 is 4.48 Å². The Morgan fingerprint density at radius 1 is 1.11 bits per heavy atom. The van der Waals surface area contributed by atoms with Gasteiger partial charge in [-0.05, 0) is 0 Å². The fourth-order valence-electron chi connectivity index (χ4n) is 0. The monoisotopic (exact) mass is 303 g/mol. The van der Waals surface area contributed by atoms with Crippen molar-refractivity contribution in [2.24, 2.45) is 0 Å². The summed E-state index contributed by atoms with van der Waals surface area (Å²) in [4.78, 5) is 0. The minimum atomic E-state index is -4.34. The molecule has 0 aliphatic carbocycles. The summed E-state index contributed by atoms with van der Waals surface area (Å²) in [7, 11) is 8.50. The van der Waals surface area contributed by atoms with Crippen molar-refractivity contribution in [3.8, 4) is 0 Å². The molecule has 0 spiro atoms. The Hall–Kier alpha value is 0.260. The van der Waals surface area contributed by atoms with Crippen LogP contribution >= 0.6 is 0 Å². The molecule has 0 radical (unpaired) electrons. The van der Waals surface area contributed by atoms with Gasteiger partial charge in [-0.15, -0.1) is 0 Å². The minimum absolute atomic E-state index is 1.00. The number of rotatable bonds is 0. The SMILES string of the molecule is C[N+](C)(C)C.[O]=[Ta](=[O])[O-]. The van der Waals surface area contributed by atoms with Crippen LogP contribution in [0.2, 0.25) is 0 Å². The molecule has 0 amide bonds. The molecule has 0 unspecified atom stereocenters. The number of hydrogen-bond acceptors (Lipinski definition) is 3. The molecule has 0 aromatic rings. The van der Waals surface area contributed by atoms with E-state index in [0.717, 1.165) is 4.48 Å². The van der Waals surface area contributed by atoms with E-state index in [1.807, 2.05) is 0 Å². The van der Waals surface area contributed by atoms with E-state index in [1.165, 1.54) is 0 Å². The molecule has 0 fully saturated rings. The molecular weight excluding hydrogens is 291 g/mol. The summed E-state index contributed by atoms with van der Waals surface area (Å²) in [6, 6.07) is 0. The topological polar surface area (TPSA) is 57.2 Å². The van der Waals surface area contributed by atoms with Crippen molar-refractivity contribution in [3.05, 3.63) is 0 Å². The first-order chi connectivity index (χ1) is 3.73. The van der Waals surface area contributed by atoms with Gasteiger partial charge in [0.25, 0.3) is 0 Å². The van der Waals surface area contributed by atoms with E-state index in [4.69, 9.17) is 10.1 Å². The molecule has 0 aromatic carbocycles. The van der Waals surface area contributed by atoms with Gasteiger partial charge in [0, 0.05) is 0 Å². The third-order valence-electron chi connectivity index (χ3n) is 0. The molecular formula is C4H12NO3Ta. The molecule has 0 aliphatic rings. The van der Waals surface area contributed by atoms with Crippen LogP contribution in [0.3, 0.4) is 0 Å². The Bertz CT molecular complexity index is 110. The van der Waals surface area contributed by atoms with Gasteiger partial charge in [-0.1, -0.05) is 0 Å². The normalized spacial score (nSPS) is 9.44. The van der Waals surface area contributed by atoms with Crippen molar-refractivity contribution in [1.82, 2.24) is 0 Å². The third kappa shape index (κ3) is 4780. The van der Waals surface area contributed by atoms with Crippen LogP contribution in [0.25, 0.3) is 0 Å². The zero-order chi connectivity index (χ0) is 8.08. The van der Waals surface area contributed by atoms with Crippen molar-refractivity contribution in [2.45, 2.75) is 0 Å². The van der Waals surface area contributed by atoms with Gasteiger partial charge in [0.1, 0.15) is 0 Å². The molecule has 0 bridgehead atoms. The summed E-state index contributed by atoms with van der Waals surface area (Å²) in [5.74, 6) is 0. The van der Waals surface area contributed by atoms with Crippen LogP contribution in [0.15, 0.2) is 0 Å². The fourth-order valence-corrected chi connectivity index (χ4v) is 0. The van der Waals surface area contributed by atoms with Gasteiger partial charge in [-0.3, -0.25) is 0 Å². The van der Waals surface area contributed by atoms with Gasteiger partial charge in [-0.2, -0.15) is 0 Å². The van der Waals surface area contributed by atoms with Gasteiger partial charge in [0.05, 0.1) is 28.2 Å². The Kier molecular flexibility index (Phi) is 6.76. The summed E-state index contributed by atoms with van der Waals surface area (Å²) in [5, 5.41) is 0. The van der Waals surface area contributed by atoms with E-state index in [2.05, 4.69) is 28.2 Å². The Morgan fingerprint density at radius 3 is 1.11 bits per heavy atom. The Morgan fingerprint density at radius 2 is 1.11 bits per heavy atom. The molecule has 0 aromatic heterocycles. The van der Waals surface area contributed by atoms with Gasteiger partial charge in [-0.25, -0.2) is 0 Å². The van der Waals surface area contributed by atoms with Crippen LogP contribution in [0.4, 0.5) is 0 Å². The molecule has 0 N–H and O–H groups in total. The van der Waals surface area contributed by atoms with Crippen LogP contribution < -0.4 is 3.61 Å². The zero-order valence-electron chi connectivity index (χ0n) is 6.12. The Labute approximate surface area is 62.0 Å². The summed E-state index contributed by atoms with van der Waals surface area (Å²) in [6.07, 6.45) is 0. The first-order valence-corrected chi connectivity index (χ1v) is 6.27. The van der Waals surface area contributed by atoms with Crippen molar-refractivity contribution >= 4 is 0 Å². The predicted octanol–water partition coefficient (Wildman–Crippen LogP) is -1.11. The molecule has 0 rings (SSSR count). The van der Waals surface area contributed by atoms with Crippen LogP contribution in [0.5, 0.6) is 0 Å². The first kappa shape index (κ1) is 12.0. The van der Waals surface area contributed by atoms with Crippen molar-refractivity contribution in [3.63, 3.8) is 0 Å². The zero-order valence-corrected chi connectivity index (χ0v) is 9.33. The van der Waals surface area contributed by atoms with E-state index in [9.17, 15) is 0 Å². The van der Waals surface area contributed by atoms with E-state index in [0.29, 0.717) is 0 Å². The number of nitrogens with zero attached hydrogens (tertiary/aromatic N) is 1. The van der Waals surface area contributed by atoms with Crippen molar-refractivity contribution in [2.75, 3.05) is 28.2 Å². The summed E-state index contributed by atoms with van der Waals surface area (Å²) < 4.78 is 26.9. The van der Waals surface area contributed by atoms with Crippen LogP contribution in [-0.2, 0) is 25.3 Å². The Balaban J connectivity index is 0. The molecule has 0 saturated carbocycles. The summed E-state index contributed by atoms with van der Waals surface area (Å²) >= 11 is -4.34. The standard InChI is InChI=1S/C4H12N.3O.Ta/c1-5(2,3)4;;;;/h1-4H3;;;;/q+1;;;-1;. The maximum atomic E-state index is 8.62. The molecule has 9 heavy (non-hydrogen) atoms.